The average molecular weight is 305 g/mol. The highest BCUT2D eigenvalue weighted by molar-refractivity contribution is 6.20. The van der Waals surface area contributed by atoms with Gasteiger partial charge in [-0.05, 0) is 30.3 Å². The van der Waals surface area contributed by atoms with E-state index < -0.39 is 13.5 Å². The number of rotatable bonds is 3. The van der Waals surface area contributed by atoms with E-state index in [4.69, 9.17) is 9.68 Å². The summed E-state index contributed by atoms with van der Waals surface area (Å²) in [6.45, 7) is 0. The Balaban J connectivity index is 2.20. The zero-order valence-corrected chi connectivity index (χ0v) is 12.2. The summed E-state index contributed by atoms with van der Waals surface area (Å²) >= 11 is 0. The molecule has 0 saturated carbocycles. The van der Waals surface area contributed by atoms with Crippen LogP contribution in [-0.2, 0) is 0 Å². The highest BCUT2D eigenvalue weighted by Gasteiger charge is 2.18. The van der Waals surface area contributed by atoms with Gasteiger partial charge in [-0.2, -0.15) is 0 Å². The number of benzene rings is 3. The number of hydrogen-bond donors (Lipinski definition) is 1. The van der Waals surface area contributed by atoms with Crippen molar-refractivity contribution in [2.75, 3.05) is 0 Å². The van der Waals surface area contributed by atoms with Crippen molar-refractivity contribution in [1.82, 2.24) is 4.57 Å². The summed E-state index contributed by atoms with van der Waals surface area (Å²) in [6, 6.07) is 20.8. The van der Waals surface area contributed by atoms with E-state index in [1.807, 2.05) is 54.6 Å². The minimum absolute atomic E-state index is 0.0795. The second-order valence-electron chi connectivity index (χ2n) is 5.23. The van der Waals surface area contributed by atoms with Crippen molar-refractivity contribution in [3.63, 3.8) is 0 Å². The molecule has 5 heteroatoms. The number of para-hydroxylation sites is 2. The first-order chi connectivity index (χ1) is 11.3. The van der Waals surface area contributed by atoms with Gasteiger partial charge in [0.1, 0.15) is 5.75 Å². The largest absolute Gasteiger partial charge is 0.536 e. The van der Waals surface area contributed by atoms with Crippen LogP contribution in [0.2, 0.25) is 0 Å². The van der Waals surface area contributed by atoms with E-state index in [2.05, 4.69) is 4.57 Å². The van der Waals surface area contributed by atoms with Crippen LogP contribution in [-0.4, -0.2) is 17.3 Å². The van der Waals surface area contributed by atoms with E-state index in [0.29, 0.717) is 5.39 Å². The predicted molar refractivity (Wildman–Crippen MR) is 90.7 cm³/mol. The van der Waals surface area contributed by atoms with Gasteiger partial charge in [0.2, 0.25) is 0 Å². The van der Waals surface area contributed by atoms with Crippen LogP contribution in [0, 0.1) is 5.82 Å². The Morgan fingerprint density at radius 2 is 1.61 bits per heavy atom. The Kier molecular flexibility index (Phi) is 3.28. The van der Waals surface area contributed by atoms with Crippen molar-refractivity contribution in [1.29, 1.82) is 0 Å². The molecule has 0 spiro atoms. The van der Waals surface area contributed by atoms with E-state index >= 15 is 0 Å². The van der Waals surface area contributed by atoms with E-state index in [9.17, 15) is 4.39 Å². The molecule has 0 fully saturated rings. The van der Waals surface area contributed by atoms with Crippen molar-refractivity contribution in [2.45, 2.75) is 0 Å². The summed E-state index contributed by atoms with van der Waals surface area (Å²) in [5.74, 6) is -0.404. The summed E-state index contributed by atoms with van der Waals surface area (Å²) in [4.78, 5) is 0. The Hall–Kier alpha value is -2.79. The normalized spacial score (nSPS) is 11.0. The van der Waals surface area contributed by atoms with Crippen LogP contribution in [0.3, 0.4) is 0 Å². The average Bonchev–Trinajstić information content (AvgIpc) is 2.93. The molecular weight excluding hydrogens is 292 g/mol. The lowest BCUT2D eigenvalue weighted by molar-refractivity contribution is 0.435. The topological polar surface area (TPSA) is 34.4 Å². The maximum absolute atomic E-state index is 14.2. The van der Waals surface area contributed by atoms with Gasteiger partial charge in [-0.1, -0.05) is 36.4 Å². The quantitative estimate of drug-likeness (QED) is 0.587. The molecule has 0 aliphatic carbocycles. The first-order valence-corrected chi connectivity index (χ1v) is 7.32. The van der Waals surface area contributed by atoms with Gasteiger partial charge in [-0.25, -0.2) is 4.39 Å². The molecule has 0 aliphatic heterocycles. The molecule has 1 aromatic heterocycles. The van der Waals surface area contributed by atoms with Crippen LogP contribution < -0.4 is 4.65 Å². The third kappa shape index (κ3) is 2.09. The monoisotopic (exact) mass is 305 g/mol. The zero-order valence-electron chi connectivity index (χ0n) is 12.2. The van der Waals surface area contributed by atoms with Gasteiger partial charge in [0.15, 0.2) is 5.82 Å². The summed E-state index contributed by atoms with van der Waals surface area (Å²) in [6.07, 6.45) is 0. The molecule has 112 valence electrons. The highest BCUT2D eigenvalue weighted by atomic mass is 19.1. The van der Waals surface area contributed by atoms with E-state index in [0.717, 1.165) is 22.1 Å². The van der Waals surface area contributed by atoms with Crippen molar-refractivity contribution in [2.24, 2.45) is 0 Å². The number of aromatic nitrogens is 1. The lowest BCUT2D eigenvalue weighted by Gasteiger charge is -2.09. The molecule has 1 heterocycles. The molecule has 3 aromatic carbocycles. The van der Waals surface area contributed by atoms with Crippen LogP contribution in [0.25, 0.3) is 27.5 Å². The molecule has 4 rings (SSSR count). The molecule has 0 atom stereocenters. The molecule has 1 N–H and O–H groups in total. The van der Waals surface area contributed by atoms with Gasteiger partial charge >= 0.3 is 7.69 Å². The summed E-state index contributed by atoms with van der Waals surface area (Å²) in [7, 11) is -0.569. The van der Waals surface area contributed by atoms with Gasteiger partial charge in [0, 0.05) is 11.1 Å². The Morgan fingerprint density at radius 3 is 2.39 bits per heavy atom. The van der Waals surface area contributed by atoms with E-state index in [-0.39, 0.29) is 5.75 Å². The zero-order chi connectivity index (χ0) is 15.8. The maximum Gasteiger partial charge on any atom is 0.504 e. The predicted octanol–water partition coefficient (Wildman–Crippen LogP) is 3.56. The number of hydrogen-bond acceptors (Lipinski definition) is 2. The second-order valence-corrected chi connectivity index (χ2v) is 5.23. The molecule has 4 aromatic rings. The van der Waals surface area contributed by atoms with Crippen molar-refractivity contribution < 1.29 is 14.1 Å². The fraction of sp³-hybridized carbons (Fsp3) is 0. The van der Waals surface area contributed by atoms with Gasteiger partial charge in [0.05, 0.1) is 16.4 Å². The Morgan fingerprint density at radius 1 is 0.870 bits per heavy atom. The SMILES string of the molecule is OBOc1c(F)ccc2c1c1ccccc1n2-c1ccccc1. The molecule has 0 radical (unpaired) electrons. The lowest BCUT2D eigenvalue weighted by Crippen LogP contribution is -2.02. The molecule has 0 amide bonds. The minimum atomic E-state index is -0.569. The lowest BCUT2D eigenvalue weighted by atomic mass is 10.1. The van der Waals surface area contributed by atoms with Crippen molar-refractivity contribution in [3.8, 4) is 11.4 Å². The maximum atomic E-state index is 14.2. The Labute approximate surface area is 132 Å². The van der Waals surface area contributed by atoms with Gasteiger partial charge in [-0.15, -0.1) is 0 Å². The van der Waals surface area contributed by atoms with Gasteiger partial charge in [-0.3, -0.25) is 0 Å². The molecule has 0 aliphatic rings. The first kappa shape index (κ1) is 13.8. The third-order valence-corrected chi connectivity index (χ3v) is 3.97. The molecule has 3 nitrogen and oxygen atoms in total. The third-order valence-electron chi connectivity index (χ3n) is 3.97. The van der Waals surface area contributed by atoms with Crippen LogP contribution in [0.5, 0.6) is 5.75 Å². The Bertz CT molecular complexity index is 998. The summed E-state index contributed by atoms with van der Waals surface area (Å²) < 4.78 is 21.4. The van der Waals surface area contributed by atoms with Crippen LogP contribution >= 0.6 is 0 Å². The van der Waals surface area contributed by atoms with E-state index in [1.165, 1.54) is 6.07 Å². The number of fused-ring (bicyclic) bond motifs is 3. The van der Waals surface area contributed by atoms with Crippen molar-refractivity contribution >= 4 is 29.5 Å². The number of nitrogens with zero attached hydrogens (tertiary/aromatic N) is 1. The van der Waals surface area contributed by atoms with Crippen LogP contribution in [0.15, 0.2) is 66.7 Å². The molecule has 23 heavy (non-hydrogen) atoms. The number of halogens is 1. The molecule has 0 saturated heterocycles. The first-order valence-electron chi connectivity index (χ1n) is 7.32. The fourth-order valence-electron chi connectivity index (χ4n) is 3.06. The van der Waals surface area contributed by atoms with Gasteiger partial charge in [0.25, 0.3) is 0 Å². The summed E-state index contributed by atoms with van der Waals surface area (Å²) in [5, 5.41) is 10.7. The summed E-state index contributed by atoms with van der Waals surface area (Å²) in [5.41, 5.74) is 2.78. The minimum Gasteiger partial charge on any atom is -0.536 e. The second kappa shape index (κ2) is 5.45. The molecule has 0 unspecified atom stereocenters. The molecule has 0 bridgehead atoms. The smallest absolute Gasteiger partial charge is 0.504 e. The standard InChI is InChI=1S/C18H13BFNO2/c20-14-10-11-16-17(18(14)23-19-22)13-8-4-5-9-15(13)21(16)12-6-2-1-3-7-12/h1-11,19,22H. The van der Waals surface area contributed by atoms with Crippen molar-refractivity contribution in [3.05, 3.63) is 72.5 Å². The molecular formula is C18H13BFNO2. The van der Waals surface area contributed by atoms with E-state index in [1.54, 1.807) is 6.07 Å². The van der Waals surface area contributed by atoms with Crippen LogP contribution in [0.4, 0.5) is 4.39 Å². The fourth-order valence-corrected chi connectivity index (χ4v) is 3.06. The highest BCUT2D eigenvalue weighted by Crippen LogP contribution is 2.38. The van der Waals surface area contributed by atoms with Gasteiger partial charge < -0.3 is 14.2 Å². The van der Waals surface area contributed by atoms with Crippen LogP contribution in [0.1, 0.15) is 0 Å².